The van der Waals surface area contributed by atoms with Crippen molar-refractivity contribution in [1.82, 2.24) is 5.32 Å². The summed E-state index contributed by atoms with van der Waals surface area (Å²) in [5.74, 6) is -1.84. The van der Waals surface area contributed by atoms with Gasteiger partial charge in [-0.25, -0.2) is 9.59 Å². The molecule has 4 rings (SSSR count). The number of hydrogen-bond donors (Lipinski definition) is 3. The van der Waals surface area contributed by atoms with Gasteiger partial charge in [-0.3, -0.25) is 4.79 Å². The van der Waals surface area contributed by atoms with Gasteiger partial charge < -0.3 is 34.7 Å². The van der Waals surface area contributed by atoms with Crippen LogP contribution in [0.1, 0.15) is 118 Å². The van der Waals surface area contributed by atoms with E-state index in [4.69, 9.17) is 18.9 Å². The van der Waals surface area contributed by atoms with Gasteiger partial charge in [0.2, 0.25) is 0 Å². The maximum atomic E-state index is 13.7. The van der Waals surface area contributed by atoms with Crippen molar-refractivity contribution < 1.29 is 38.4 Å². The maximum Gasteiger partial charge on any atom is 0.338 e. The van der Waals surface area contributed by atoms with E-state index >= 15 is 0 Å². The summed E-state index contributed by atoms with van der Waals surface area (Å²) in [4.78, 5) is 39.8. The molecule has 2 aromatic rings. The summed E-state index contributed by atoms with van der Waals surface area (Å²) in [6, 6.07) is 12.0. The van der Waals surface area contributed by atoms with Crippen LogP contribution in [0.4, 0.5) is 10.5 Å². The van der Waals surface area contributed by atoms with Crippen LogP contribution >= 0.6 is 0 Å². The van der Waals surface area contributed by atoms with Gasteiger partial charge in [-0.05, 0) is 45.4 Å². The number of fused-ring (bicyclic) bond motifs is 1. The number of urea groups is 1. The molecular weight excluding hydrogens is 588 g/mol. The van der Waals surface area contributed by atoms with Crippen LogP contribution in [0.2, 0.25) is 0 Å². The fourth-order valence-corrected chi connectivity index (χ4v) is 6.08. The number of esters is 1. The Balaban J connectivity index is 1.30. The van der Waals surface area contributed by atoms with Crippen LogP contribution in [-0.2, 0) is 18.9 Å². The number of benzene rings is 2. The van der Waals surface area contributed by atoms with Gasteiger partial charge >= 0.3 is 12.0 Å². The summed E-state index contributed by atoms with van der Waals surface area (Å²) in [7, 11) is 0. The number of ketones is 1. The molecule has 0 aromatic heterocycles. The van der Waals surface area contributed by atoms with Crippen molar-refractivity contribution in [2.24, 2.45) is 0 Å². The predicted molar refractivity (Wildman–Crippen MR) is 175 cm³/mol. The molecule has 46 heavy (non-hydrogen) atoms. The largest absolute Gasteiger partial charge is 0.462 e. The molecule has 2 aliphatic heterocycles. The Morgan fingerprint density at radius 2 is 1.39 bits per heavy atom. The first-order valence-corrected chi connectivity index (χ1v) is 16.8. The lowest BCUT2D eigenvalue weighted by Crippen LogP contribution is -2.48. The average molecular weight is 639 g/mol. The Morgan fingerprint density at radius 1 is 0.826 bits per heavy atom. The summed E-state index contributed by atoms with van der Waals surface area (Å²) >= 11 is 0. The lowest BCUT2D eigenvalue weighted by Gasteiger charge is -2.27. The normalized spacial score (nSPS) is 22.2. The summed E-state index contributed by atoms with van der Waals surface area (Å²) in [6.45, 7) is 7.77. The van der Waals surface area contributed by atoms with E-state index in [9.17, 15) is 19.5 Å². The van der Waals surface area contributed by atoms with Gasteiger partial charge in [0.05, 0.1) is 23.9 Å². The highest BCUT2D eigenvalue weighted by molar-refractivity contribution is 6.17. The number of para-hydroxylation sites is 1. The molecule has 10 heteroatoms. The molecule has 2 saturated heterocycles. The van der Waals surface area contributed by atoms with Crippen LogP contribution in [0.5, 0.6) is 0 Å². The van der Waals surface area contributed by atoms with Crippen LogP contribution < -0.4 is 10.6 Å². The van der Waals surface area contributed by atoms with E-state index in [2.05, 4.69) is 17.6 Å². The van der Waals surface area contributed by atoms with Crippen molar-refractivity contribution in [3.8, 4) is 0 Å². The van der Waals surface area contributed by atoms with E-state index in [1.54, 1.807) is 69.3 Å². The summed E-state index contributed by atoms with van der Waals surface area (Å²) < 4.78 is 22.8. The highest BCUT2D eigenvalue weighted by Crippen LogP contribution is 2.39. The van der Waals surface area contributed by atoms with Crippen molar-refractivity contribution in [1.29, 1.82) is 0 Å². The number of amides is 2. The first-order valence-electron chi connectivity index (χ1n) is 16.8. The van der Waals surface area contributed by atoms with Gasteiger partial charge in [0.15, 0.2) is 17.9 Å². The number of rotatable bonds is 17. The van der Waals surface area contributed by atoms with Gasteiger partial charge in [-0.15, -0.1) is 0 Å². The van der Waals surface area contributed by atoms with Gasteiger partial charge in [0, 0.05) is 11.1 Å². The number of ether oxygens (including phenoxy) is 4. The number of aliphatic hydroxyl groups excluding tert-OH is 1. The fourth-order valence-electron chi connectivity index (χ4n) is 6.08. The van der Waals surface area contributed by atoms with Gasteiger partial charge in [0.1, 0.15) is 18.3 Å². The number of carbonyl (C=O) groups is 3. The van der Waals surface area contributed by atoms with Crippen LogP contribution in [0, 0.1) is 0 Å². The predicted octanol–water partition coefficient (Wildman–Crippen LogP) is 6.74. The second-order valence-corrected chi connectivity index (χ2v) is 12.7. The lowest BCUT2D eigenvalue weighted by atomic mass is 9.97. The maximum absolute atomic E-state index is 13.7. The Kier molecular flexibility index (Phi) is 13.1. The smallest absolute Gasteiger partial charge is 0.338 e. The molecule has 0 aliphatic carbocycles. The SMILES string of the molecule is CCCCCCCCCCCCOC(=O)c1ccccc1C(=O)c1ccccc1NC(=O)N[C@@H](C)[C@H]1O[C@H](O)[C@H]2OC(C)(C)O[C@@H]12. The summed E-state index contributed by atoms with van der Waals surface area (Å²) in [6.07, 6.45) is 8.79. The van der Waals surface area contributed by atoms with Crippen LogP contribution in [0.25, 0.3) is 0 Å². The average Bonchev–Trinajstić information content (AvgIpc) is 3.51. The highest BCUT2D eigenvalue weighted by atomic mass is 16.8. The first-order chi connectivity index (χ1) is 22.1. The van der Waals surface area contributed by atoms with Crippen molar-refractivity contribution in [2.75, 3.05) is 11.9 Å². The van der Waals surface area contributed by atoms with Crippen LogP contribution in [0.3, 0.4) is 0 Å². The number of hydrogen-bond acceptors (Lipinski definition) is 8. The third-order valence-electron chi connectivity index (χ3n) is 8.46. The molecule has 2 fully saturated rings. The number of aliphatic hydroxyl groups is 1. The van der Waals surface area contributed by atoms with Crippen LogP contribution in [-0.4, -0.2) is 65.9 Å². The van der Waals surface area contributed by atoms with E-state index in [1.165, 1.54) is 44.9 Å². The number of nitrogens with one attached hydrogen (secondary N) is 2. The monoisotopic (exact) mass is 638 g/mol. The second-order valence-electron chi connectivity index (χ2n) is 12.7. The molecule has 3 N–H and O–H groups in total. The van der Waals surface area contributed by atoms with E-state index in [-0.39, 0.29) is 22.4 Å². The van der Waals surface area contributed by atoms with Crippen molar-refractivity contribution in [2.45, 2.75) is 128 Å². The molecule has 2 heterocycles. The van der Waals surface area contributed by atoms with E-state index < -0.39 is 54.2 Å². The molecule has 2 amide bonds. The third-order valence-corrected chi connectivity index (χ3v) is 8.46. The molecular formula is C36H50N2O8. The van der Waals surface area contributed by atoms with Crippen molar-refractivity contribution in [3.05, 3.63) is 65.2 Å². The molecule has 0 bridgehead atoms. The zero-order chi connectivity index (χ0) is 33.1. The molecule has 5 atom stereocenters. The molecule has 10 nitrogen and oxygen atoms in total. The molecule has 252 valence electrons. The number of unbranched alkanes of at least 4 members (excludes halogenated alkanes) is 9. The topological polar surface area (TPSA) is 132 Å². The minimum atomic E-state index is -1.18. The van der Waals surface area contributed by atoms with E-state index in [0.717, 1.165) is 19.3 Å². The van der Waals surface area contributed by atoms with Crippen molar-refractivity contribution in [3.63, 3.8) is 0 Å². The minimum Gasteiger partial charge on any atom is -0.462 e. The van der Waals surface area contributed by atoms with E-state index in [1.807, 2.05) is 0 Å². The summed E-state index contributed by atoms with van der Waals surface area (Å²) in [5, 5.41) is 15.9. The Bertz CT molecular complexity index is 1310. The van der Waals surface area contributed by atoms with Crippen molar-refractivity contribution >= 4 is 23.5 Å². The minimum absolute atomic E-state index is 0.181. The van der Waals surface area contributed by atoms with Crippen LogP contribution in [0.15, 0.2) is 48.5 Å². The molecule has 0 saturated carbocycles. The Labute approximate surface area is 272 Å². The standard InChI is InChI=1S/C36H50N2O8/c1-5-6-7-8-9-10-11-12-13-18-23-43-33(40)26-20-15-14-19-25(26)29(39)27-21-16-17-22-28(27)38-35(42)37-24(2)30-31-32(34(41)44-30)46-36(3,4)45-31/h14-17,19-22,24,30-32,34,41H,5-13,18,23H2,1-4H3,(H2,37,38,42)/t24-,30+,31-,32-,34-/m0/s1. The fraction of sp³-hybridized carbons (Fsp3) is 0.583. The van der Waals surface area contributed by atoms with E-state index in [0.29, 0.717) is 6.61 Å². The quantitative estimate of drug-likeness (QED) is 0.0986. The first kappa shape index (κ1) is 35.5. The Morgan fingerprint density at radius 3 is 2.07 bits per heavy atom. The zero-order valence-corrected chi connectivity index (χ0v) is 27.6. The number of anilines is 1. The van der Waals surface area contributed by atoms with Gasteiger partial charge in [-0.2, -0.15) is 0 Å². The highest BCUT2D eigenvalue weighted by Gasteiger charge is 2.56. The third kappa shape index (κ3) is 9.61. The Hall–Kier alpha value is -3.31. The zero-order valence-electron chi connectivity index (χ0n) is 27.6. The second kappa shape index (κ2) is 17.0. The number of carbonyl (C=O) groups excluding carboxylic acids is 3. The molecule has 0 unspecified atom stereocenters. The van der Waals surface area contributed by atoms with Gasteiger partial charge in [0.25, 0.3) is 0 Å². The molecule has 2 aromatic carbocycles. The van der Waals surface area contributed by atoms with Gasteiger partial charge in [-0.1, -0.05) is 95.0 Å². The molecule has 2 aliphatic rings. The summed E-state index contributed by atoms with van der Waals surface area (Å²) in [5.41, 5.74) is 0.874. The molecule has 0 spiro atoms. The lowest BCUT2D eigenvalue weighted by molar-refractivity contribution is -0.222. The molecule has 0 radical (unpaired) electrons.